The van der Waals surface area contributed by atoms with Crippen molar-refractivity contribution in [2.75, 3.05) is 42.1 Å². The first kappa shape index (κ1) is 20.7. The Labute approximate surface area is 182 Å². The summed E-state index contributed by atoms with van der Waals surface area (Å²) in [4.78, 5) is 7.29. The molecule has 0 atom stereocenters. The lowest BCUT2D eigenvalue weighted by atomic mass is 10.1. The van der Waals surface area contributed by atoms with Crippen LogP contribution >= 0.6 is 23.9 Å². The molecular formula is C22H30N4OS2. The molecule has 7 heteroatoms. The average molecular weight is 431 g/mol. The van der Waals surface area contributed by atoms with Gasteiger partial charge in [0.05, 0.1) is 0 Å². The molecule has 156 valence electrons. The first-order valence-electron chi connectivity index (χ1n) is 10.3. The minimum absolute atomic E-state index is 0.640. The van der Waals surface area contributed by atoms with Gasteiger partial charge in [-0.3, -0.25) is 0 Å². The fraction of sp³-hybridized carbons (Fsp3) is 0.500. The van der Waals surface area contributed by atoms with Crippen LogP contribution in [0.3, 0.4) is 0 Å². The van der Waals surface area contributed by atoms with Gasteiger partial charge >= 0.3 is 0 Å². The van der Waals surface area contributed by atoms with Crippen LogP contribution in [0, 0.1) is 20.8 Å². The highest BCUT2D eigenvalue weighted by Crippen LogP contribution is 2.38. The van der Waals surface area contributed by atoms with Crippen molar-refractivity contribution in [2.45, 2.75) is 38.9 Å². The molecule has 2 aliphatic rings. The highest BCUT2D eigenvalue weighted by Gasteiger charge is 2.28. The molecule has 4 rings (SSSR count). The molecule has 0 amide bonds. The van der Waals surface area contributed by atoms with Gasteiger partial charge < -0.3 is 14.4 Å². The van der Waals surface area contributed by atoms with E-state index >= 15 is 0 Å². The highest BCUT2D eigenvalue weighted by molar-refractivity contribution is 7.99. The van der Waals surface area contributed by atoms with E-state index in [1.165, 1.54) is 18.4 Å². The van der Waals surface area contributed by atoms with Crippen LogP contribution in [0.15, 0.2) is 24.3 Å². The molecule has 1 N–H and O–H groups in total. The Morgan fingerprint density at radius 1 is 1.03 bits per heavy atom. The van der Waals surface area contributed by atoms with E-state index in [2.05, 4.69) is 70.9 Å². The third kappa shape index (κ3) is 5.13. The number of aromatic nitrogens is 1. The second kappa shape index (κ2) is 9.06. The number of benzene rings is 1. The molecule has 2 aromatic rings. The largest absolute Gasteiger partial charge is 0.436 e. The molecule has 1 saturated carbocycles. The van der Waals surface area contributed by atoms with Gasteiger partial charge in [-0.05, 0) is 56.9 Å². The molecule has 1 aromatic heterocycles. The van der Waals surface area contributed by atoms with Gasteiger partial charge in [-0.2, -0.15) is 4.98 Å². The lowest BCUT2D eigenvalue weighted by Gasteiger charge is -2.34. The average Bonchev–Trinajstić information content (AvgIpc) is 3.50. The summed E-state index contributed by atoms with van der Waals surface area (Å²) in [7, 11) is 0. The number of hydrogen-bond donors (Lipinski definition) is 1. The van der Waals surface area contributed by atoms with Crippen LogP contribution in [0.25, 0.3) is 0 Å². The SMILES string of the molecule is CSNc1ccc(N2CCN(SC3CC3)CC2)nc1Oc1c(C)cc(C)cc1C. The van der Waals surface area contributed by atoms with Gasteiger partial charge in [0.15, 0.2) is 0 Å². The maximum absolute atomic E-state index is 6.36. The predicted octanol–water partition coefficient (Wildman–Crippen LogP) is 5.42. The van der Waals surface area contributed by atoms with Gasteiger partial charge in [0.2, 0.25) is 5.88 Å². The molecule has 5 nitrogen and oxygen atoms in total. The number of nitrogens with one attached hydrogen (secondary N) is 1. The van der Waals surface area contributed by atoms with E-state index in [1.54, 1.807) is 11.9 Å². The molecule has 0 unspecified atom stereocenters. The summed E-state index contributed by atoms with van der Waals surface area (Å²) in [6.07, 6.45) is 4.78. The molecule has 2 heterocycles. The molecule has 2 fully saturated rings. The summed E-state index contributed by atoms with van der Waals surface area (Å²) in [5.74, 6) is 2.53. The maximum atomic E-state index is 6.36. The maximum Gasteiger partial charge on any atom is 0.245 e. The van der Waals surface area contributed by atoms with Gasteiger partial charge in [-0.25, -0.2) is 4.31 Å². The van der Waals surface area contributed by atoms with E-state index in [1.807, 2.05) is 6.26 Å². The number of piperazine rings is 1. The second-order valence-corrected chi connectivity index (χ2v) is 9.89. The van der Waals surface area contributed by atoms with Crippen molar-refractivity contribution < 1.29 is 4.74 Å². The zero-order chi connectivity index (χ0) is 20.4. The van der Waals surface area contributed by atoms with Gasteiger partial charge in [-0.1, -0.05) is 41.6 Å². The summed E-state index contributed by atoms with van der Waals surface area (Å²) in [5.41, 5.74) is 4.42. The number of nitrogens with zero attached hydrogens (tertiary/aromatic N) is 3. The third-order valence-electron chi connectivity index (χ3n) is 5.25. The van der Waals surface area contributed by atoms with Crippen LogP contribution in [0.2, 0.25) is 0 Å². The Morgan fingerprint density at radius 3 is 2.34 bits per heavy atom. The van der Waals surface area contributed by atoms with Crippen LogP contribution in [0.5, 0.6) is 11.6 Å². The Balaban J connectivity index is 1.53. The lowest BCUT2D eigenvalue weighted by molar-refractivity contribution is 0.424. The smallest absolute Gasteiger partial charge is 0.245 e. The van der Waals surface area contributed by atoms with Gasteiger partial charge in [-0.15, -0.1) is 0 Å². The van der Waals surface area contributed by atoms with E-state index in [4.69, 9.17) is 9.72 Å². The standard InChI is InChI=1S/C22H30N4OS2/c1-15-13-16(2)21(17(3)14-15)27-22-19(24-28-4)7-8-20(23-22)25-9-11-26(12-10-25)29-18-5-6-18/h7-8,13-14,18,24H,5-6,9-12H2,1-4H3. The number of ether oxygens (including phenoxy) is 1. The van der Waals surface area contributed by atoms with Crippen molar-refractivity contribution in [3.8, 4) is 11.6 Å². The number of hydrogen-bond acceptors (Lipinski definition) is 7. The molecule has 1 aromatic carbocycles. The van der Waals surface area contributed by atoms with E-state index in [0.29, 0.717) is 5.88 Å². The quantitative estimate of drug-likeness (QED) is 0.588. The number of aryl methyl sites for hydroxylation is 3. The second-order valence-electron chi connectivity index (χ2n) is 7.88. The van der Waals surface area contributed by atoms with E-state index in [9.17, 15) is 0 Å². The van der Waals surface area contributed by atoms with E-state index < -0.39 is 0 Å². The van der Waals surface area contributed by atoms with Gasteiger partial charge in [0.25, 0.3) is 0 Å². The monoisotopic (exact) mass is 430 g/mol. The van der Waals surface area contributed by atoms with Crippen LogP contribution in [0.1, 0.15) is 29.5 Å². The van der Waals surface area contributed by atoms with Gasteiger partial charge in [0.1, 0.15) is 17.3 Å². The van der Waals surface area contributed by atoms with Crippen molar-refractivity contribution in [1.82, 2.24) is 9.29 Å². The molecule has 0 spiro atoms. The van der Waals surface area contributed by atoms with Crippen LogP contribution in [-0.2, 0) is 0 Å². The summed E-state index contributed by atoms with van der Waals surface area (Å²) < 4.78 is 12.2. The van der Waals surface area contributed by atoms with Crippen LogP contribution < -0.4 is 14.4 Å². The number of pyridine rings is 1. The van der Waals surface area contributed by atoms with Crippen molar-refractivity contribution in [3.63, 3.8) is 0 Å². The van der Waals surface area contributed by atoms with E-state index in [0.717, 1.165) is 59.8 Å². The van der Waals surface area contributed by atoms with Crippen LogP contribution in [0.4, 0.5) is 11.5 Å². The first-order valence-corrected chi connectivity index (χ1v) is 12.3. The fourth-order valence-electron chi connectivity index (χ4n) is 3.70. The fourth-order valence-corrected chi connectivity index (χ4v) is 5.22. The minimum Gasteiger partial charge on any atom is -0.436 e. The molecule has 1 aliphatic carbocycles. The topological polar surface area (TPSA) is 40.6 Å². The van der Waals surface area contributed by atoms with Crippen molar-refractivity contribution in [1.29, 1.82) is 0 Å². The summed E-state index contributed by atoms with van der Waals surface area (Å²) in [5, 5.41) is 0.873. The molecule has 0 bridgehead atoms. The molecule has 1 saturated heterocycles. The summed E-state index contributed by atoms with van der Waals surface area (Å²) >= 11 is 3.60. The molecular weight excluding hydrogens is 400 g/mol. The van der Waals surface area contributed by atoms with Gasteiger partial charge in [0, 0.05) is 37.7 Å². The highest BCUT2D eigenvalue weighted by atomic mass is 32.2. The third-order valence-corrected chi connectivity index (χ3v) is 7.10. The van der Waals surface area contributed by atoms with E-state index in [-0.39, 0.29) is 0 Å². The minimum atomic E-state index is 0.640. The molecule has 0 radical (unpaired) electrons. The molecule has 29 heavy (non-hydrogen) atoms. The normalized spacial score (nSPS) is 17.4. The summed E-state index contributed by atoms with van der Waals surface area (Å²) in [6.45, 7) is 10.5. The Morgan fingerprint density at radius 2 is 1.72 bits per heavy atom. The van der Waals surface area contributed by atoms with Crippen molar-refractivity contribution in [2.24, 2.45) is 0 Å². The zero-order valence-corrected chi connectivity index (χ0v) is 19.3. The van der Waals surface area contributed by atoms with Crippen LogP contribution in [-0.4, -0.2) is 47.0 Å². The van der Waals surface area contributed by atoms with Crippen molar-refractivity contribution in [3.05, 3.63) is 41.0 Å². The molecule has 1 aliphatic heterocycles. The Kier molecular flexibility index (Phi) is 6.47. The number of rotatable bonds is 7. The van der Waals surface area contributed by atoms with Crippen molar-refractivity contribution >= 4 is 35.4 Å². The summed E-state index contributed by atoms with van der Waals surface area (Å²) in [6, 6.07) is 8.50. The zero-order valence-electron chi connectivity index (χ0n) is 17.7. The predicted molar refractivity (Wildman–Crippen MR) is 127 cm³/mol. The lowest BCUT2D eigenvalue weighted by Crippen LogP contribution is -2.44. The number of anilines is 2. The Bertz CT molecular complexity index is 841. The first-order chi connectivity index (χ1) is 14.0. The Hall–Kier alpha value is -1.57.